The normalized spacial score (nSPS) is 12.4. The molecule has 0 saturated carbocycles. The maximum Gasteiger partial charge on any atom is 0.0640 e. The second kappa shape index (κ2) is 6.92. The summed E-state index contributed by atoms with van der Waals surface area (Å²) in [5.41, 5.74) is 1.96. The van der Waals surface area contributed by atoms with E-state index in [1.165, 1.54) is 0 Å². The summed E-state index contributed by atoms with van der Waals surface area (Å²) in [4.78, 5) is 0. The summed E-state index contributed by atoms with van der Waals surface area (Å²) in [6, 6.07) is 15.2. The van der Waals surface area contributed by atoms with Gasteiger partial charge in [0.1, 0.15) is 0 Å². The van der Waals surface area contributed by atoms with Crippen molar-refractivity contribution in [2.24, 2.45) is 0 Å². The van der Waals surface area contributed by atoms with Crippen LogP contribution in [0, 0.1) is 0 Å². The first kappa shape index (κ1) is 14.4. The Hall–Kier alpha value is -1.06. The molecule has 0 spiro atoms. The van der Waals surface area contributed by atoms with Crippen LogP contribution in [0.25, 0.3) is 0 Å². The number of hydrogen-bond donors (Lipinski definition) is 2. The van der Waals surface area contributed by atoms with Gasteiger partial charge in [-0.05, 0) is 17.2 Å². The number of aliphatic hydroxyl groups is 1. The molecule has 4 heteroatoms. The van der Waals surface area contributed by atoms with Crippen molar-refractivity contribution in [3.8, 4) is 0 Å². The molecule has 0 radical (unpaired) electrons. The van der Waals surface area contributed by atoms with E-state index in [0.29, 0.717) is 16.6 Å². The zero-order valence-corrected chi connectivity index (χ0v) is 11.8. The van der Waals surface area contributed by atoms with E-state index in [2.05, 4.69) is 5.32 Å². The SMILES string of the molecule is OCC(NCc1ccccc1)c1cccc(Cl)c1Cl. The van der Waals surface area contributed by atoms with Gasteiger partial charge in [0, 0.05) is 6.54 Å². The minimum absolute atomic E-state index is 0.0348. The van der Waals surface area contributed by atoms with E-state index in [4.69, 9.17) is 23.2 Å². The number of halogens is 2. The third kappa shape index (κ3) is 3.71. The highest BCUT2D eigenvalue weighted by Crippen LogP contribution is 2.29. The fourth-order valence-electron chi connectivity index (χ4n) is 1.90. The van der Waals surface area contributed by atoms with Crippen LogP contribution >= 0.6 is 23.2 Å². The topological polar surface area (TPSA) is 32.3 Å². The first-order chi connectivity index (χ1) is 9.22. The molecule has 1 unspecified atom stereocenters. The Bertz CT molecular complexity index is 531. The Kier molecular flexibility index (Phi) is 5.23. The van der Waals surface area contributed by atoms with Gasteiger partial charge in [-0.1, -0.05) is 65.7 Å². The fraction of sp³-hybridized carbons (Fsp3) is 0.200. The number of rotatable bonds is 5. The Morgan fingerprint density at radius 2 is 1.74 bits per heavy atom. The van der Waals surface area contributed by atoms with Crippen LogP contribution in [0.2, 0.25) is 10.0 Å². The smallest absolute Gasteiger partial charge is 0.0640 e. The lowest BCUT2D eigenvalue weighted by Crippen LogP contribution is -2.24. The molecular weight excluding hydrogens is 281 g/mol. The third-order valence-electron chi connectivity index (χ3n) is 2.93. The van der Waals surface area contributed by atoms with Gasteiger partial charge in [-0.3, -0.25) is 0 Å². The molecule has 100 valence electrons. The third-order valence-corrected chi connectivity index (χ3v) is 3.77. The van der Waals surface area contributed by atoms with Gasteiger partial charge in [0.05, 0.1) is 22.7 Å². The van der Waals surface area contributed by atoms with Crippen molar-refractivity contribution in [1.29, 1.82) is 0 Å². The molecule has 0 aliphatic carbocycles. The van der Waals surface area contributed by atoms with E-state index in [0.717, 1.165) is 11.1 Å². The molecule has 0 aliphatic heterocycles. The highest BCUT2D eigenvalue weighted by molar-refractivity contribution is 6.42. The van der Waals surface area contributed by atoms with Gasteiger partial charge in [0.2, 0.25) is 0 Å². The van der Waals surface area contributed by atoms with Crippen molar-refractivity contribution >= 4 is 23.2 Å². The van der Waals surface area contributed by atoms with Crippen LogP contribution in [0.5, 0.6) is 0 Å². The molecule has 0 aromatic heterocycles. The number of hydrogen-bond acceptors (Lipinski definition) is 2. The zero-order valence-electron chi connectivity index (χ0n) is 10.3. The quantitative estimate of drug-likeness (QED) is 0.879. The number of benzene rings is 2. The molecule has 19 heavy (non-hydrogen) atoms. The Morgan fingerprint density at radius 3 is 2.42 bits per heavy atom. The summed E-state index contributed by atoms with van der Waals surface area (Å²) >= 11 is 12.2. The van der Waals surface area contributed by atoms with Crippen molar-refractivity contribution in [2.75, 3.05) is 6.61 Å². The number of aliphatic hydroxyl groups excluding tert-OH is 1. The lowest BCUT2D eigenvalue weighted by atomic mass is 10.1. The molecule has 0 saturated heterocycles. The summed E-state index contributed by atoms with van der Waals surface area (Å²) in [6.07, 6.45) is 0. The van der Waals surface area contributed by atoms with Crippen LogP contribution in [0.3, 0.4) is 0 Å². The highest BCUT2D eigenvalue weighted by atomic mass is 35.5. The lowest BCUT2D eigenvalue weighted by molar-refractivity contribution is 0.243. The average Bonchev–Trinajstić information content (AvgIpc) is 2.45. The predicted octanol–water partition coefficient (Wildman–Crippen LogP) is 3.82. The van der Waals surface area contributed by atoms with Crippen molar-refractivity contribution in [3.05, 3.63) is 69.7 Å². The van der Waals surface area contributed by atoms with Crippen molar-refractivity contribution in [2.45, 2.75) is 12.6 Å². The van der Waals surface area contributed by atoms with E-state index in [1.807, 2.05) is 42.5 Å². The fourth-order valence-corrected chi connectivity index (χ4v) is 2.34. The largest absolute Gasteiger partial charge is 0.394 e. The molecule has 2 aromatic carbocycles. The van der Waals surface area contributed by atoms with Crippen LogP contribution in [-0.4, -0.2) is 11.7 Å². The predicted molar refractivity (Wildman–Crippen MR) is 79.6 cm³/mol. The minimum atomic E-state index is -0.230. The molecule has 0 heterocycles. The van der Waals surface area contributed by atoms with Gasteiger partial charge in [0.15, 0.2) is 0 Å². The minimum Gasteiger partial charge on any atom is -0.394 e. The highest BCUT2D eigenvalue weighted by Gasteiger charge is 2.14. The molecule has 0 aliphatic rings. The van der Waals surface area contributed by atoms with E-state index in [1.54, 1.807) is 6.07 Å². The van der Waals surface area contributed by atoms with Gasteiger partial charge in [0.25, 0.3) is 0 Å². The second-order valence-electron chi connectivity index (χ2n) is 4.24. The summed E-state index contributed by atoms with van der Waals surface area (Å²) in [6.45, 7) is 0.627. The Morgan fingerprint density at radius 1 is 1.00 bits per heavy atom. The summed E-state index contributed by atoms with van der Waals surface area (Å²) in [7, 11) is 0. The van der Waals surface area contributed by atoms with Crippen LogP contribution in [0.4, 0.5) is 0 Å². The molecule has 2 rings (SSSR count). The van der Waals surface area contributed by atoms with Crippen LogP contribution in [0.15, 0.2) is 48.5 Å². The maximum atomic E-state index is 9.51. The molecule has 2 nitrogen and oxygen atoms in total. The van der Waals surface area contributed by atoms with Crippen LogP contribution in [-0.2, 0) is 6.54 Å². The second-order valence-corrected chi connectivity index (χ2v) is 5.03. The molecule has 0 amide bonds. The molecule has 0 fully saturated rings. The van der Waals surface area contributed by atoms with Crippen LogP contribution < -0.4 is 5.32 Å². The summed E-state index contributed by atoms with van der Waals surface area (Å²) < 4.78 is 0. The van der Waals surface area contributed by atoms with E-state index >= 15 is 0 Å². The Balaban J connectivity index is 2.10. The molecule has 2 N–H and O–H groups in total. The average molecular weight is 296 g/mol. The van der Waals surface area contributed by atoms with Gasteiger partial charge < -0.3 is 10.4 Å². The Labute approximate surface area is 123 Å². The zero-order chi connectivity index (χ0) is 13.7. The molecule has 2 aromatic rings. The number of nitrogens with one attached hydrogen (secondary N) is 1. The van der Waals surface area contributed by atoms with E-state index < -0.39 is 0 Å². The first-order valence-electron chi connectivity index (χ1n) is 6.04. The van der Waals surface area contributed by atoms with Crippen molar-refractivity contribution < 1.29 is 5.11 Å². The van der Waals surface area contributed by atoms with E-state index in [9.17, 15) is 5.11 Å². The standard InChI is InChI=1S/C15H15Cl2NO/c16-13-8-4-7-12(15(13)17)14(10-19)18-9-11-5-2-1-3-6-11/h1-8,14,18-19H,9-10H2. The molecule has 1 atom stereocenters. The van der Waals surface area contributed by atoms with Gasteiger partial charge >= 0.3 is 0 Å². The monoisotopic (exact) mass is 295 g/mol. The first-order valence-corrected chi connectivity index (χ1v) is 6.80. The molecular formula is C15H15Cl2NO. The van der Waals surface area contributed by atoms with Gasteiger partial charge in [-0.2, -0.15) is 0 Å². The van der Waals surface area contributed by atoms with E-state index in [-0.39, 0.29) is 12.6 Å². The van der Waals surface area contributed by atoms with Gasteiger partial charge in [-0.25, -0.2) is 0 Å². The van der Waals surface area contributed by atoms with Crippen molar-refractivity contribution in [1.82, 2.24) is 5.32 Å². The van der Waals surface area contributed by atoms with Crippen LogP contribution in [0.1, 0.15) is 17.2 Å². The van der Waals surface area contributed by atoms with Crippen molar-refractivity contribution in [3.63, 3.8) is 0 Å². The summed E-state index contributed by atoms with van der Waals surface area (Å²) in [5, 5.41) is 13.8. The van der Waals surface area contributed by atoms with Gasteiger partial charge in [-0.15, -0.1) is 0 Å². The molecule has 0 bridgehead atoms. The maximum absolute atomic E-state index is 9.51. The summed E-state index contributed by atoms with van der Waals surface area (Å²) in [5.74, 6) is 0. The lowest BCUT2D eigenvalue weighted by Gasteiger charge is -2.18.